The molecule has 0 saturated heterocycles. The Balaban J connectivity index is 2.37. The summed E-state index contributed by atoms with van der Waals surface area (Å²) in [6.07, 6.45) is 7.94. The number of aliphatic carboxylic acids is 1. The van der Waals surface area contributed by atoms with Crippen LogP contribution in [0.1, 0.15) is 37.8 Å². The molecule has 0 aliphatic rings. The van der Waals surface area contributed by atoms with Gasteiger partial charge in [0, 0.05) is 12.6 Å². The summed E-state index contributed by atoms with van der Waals surface area (Å²) in [5, 5.41) is 11.2. The lowest BCUT2D eigenvalue weighted by Crippen LogP contribution is -2.45. The molecular weight excluding hydrogens is 322 g/mol. The number of rotatable bonds is 11. The summed E-state index contributed by atoms with van der Waals surface area (Å²) in [5.74, 6) is -0.552. The number of carboxylic acids is 1. The lowest BCUT2D eigenvalue weighted by atomic mass is 10.1. The molecule has 3 N–H and O–H groups in total. The molecule has 1 heterocycles. The second-order valence-electron chi connectivity index (χ2n) is 5.11. The summed E-state index contributed by atoms with van der Waals surface area (Å²) in [4.78, 5) is 30.0. The monoisotopic (exact) mass is 345 g/mol. The zero-order valence-electron chi connectivity index (χ0n) is 12.4. The van der Waals surface area contributed by atoms with E-state index in [1.54, 1.807) is 6.20 Å². The van der Waals surface area contributed by atoms with Crippen molar-refractivity contribution in [2.75, 3.05) is 5.75 Å². The van der Waals surface area contributed by atoms with Gasteiger partial charge >= 0.3 is 5.97 Å². The van der Waals surface area contributed by atoms with Crippen LogP contribution in [0.15, 0.2) is 12.5 Å². The summed E-state index contributed by atoms with van der Waals surface area (Å²) in [6.45, 7) is 0. The minimum Gasteiger partial charge on any atom is -0.480 e. The van der Waals surface area contributed by atoms with E-state index in [1.165, 1.54) is 6.33 Å². The molecule has 2 atom stereocenters. The van der Waals surface area contributed by atoms with Crippen molar-refractivity contribution in [2.24, 2.45) is 0 Å². The van der Waals surface area contributed by atoms with Gasteiger partial charge in [-0.1, -0.05) is 19.3 Å². The largest absolute Gasteiger partial charge is 0.480 e. The first-order chi connectivity index (χ1) is 10.5. The van der Waals surface area contributed by atoms with Gasteiger partial charge in [-0.15, -0.1) is 0 Å². The van der Waals surface area contributed by atoms with Gasteiger partial charge in [0.2, 0.25) is 5.91 Å². The zero-order valence-corrected chi connectivity index (χ0v) is 14.2. The highest BCUT2D eigenvalue weighted by molar-refractivity contribution is 7.81. The number of aromatic nitrogens is 2. The molecule has 22 heavy (non-hydrogen) atoms. The maximum atomic E-state index is 12.0. The SMILES string of the molecule is O=C(NC(Cc1c[nH]cn1)C(=O)O)C(S)CCCCCCS. The molecule has 0 aliphatic heterocycles. The Hall–Kier alpha value is -1.15. The van der Waals surface area contributed by atoms with Crippen LogP contribution in [0, 0.1) is 0 Å². The molecule has 0 saturated carbocycles. The molecule has 0 aromatic carbocycles. The van der Waals surface area contributed by atoms with Crippen LogP contribution in [0.4, 0.5) is 0 Å². The van der Waals surface area contributed by atoms with E-state index in [2.05, 4.69) is 40.5 Å². The third-order valence-electron chi connectivity index (χ3n) is 3.27. The Morgan fingerprint density at radius 1 is 1.32 bits per heavy atom. The molecule has 0 spiro atoms. The normalized spacial score (nSPS) is 13.5. The van der Waals surface area contributed by atoms with Crippen molar-refractivity contribution >= 4 is 37.1 Å². The number of nitrogens with one attached hydrogen (secondary N) is 2. The van der Waals surface area contributed by atoms with Crippen LogP contribution >= 0.6 is 25.3 Å². The predicted octanol–water partition coefficient (Wildman–Crippen LogP) is 1.70. The first-order valence-corrected chi connectivity index (χ1v) is 8.49. The number of carbonyl (C=O) groups is 2. The average molecular weight is 345 g/mol. The molecule has 2 unspecified atom stereocenters. The van der Waals surface area contributed by atoms with E-state index in [9.17, 15) is 14.7 Å². The highest BCUT2D eigenvalue weighted by Gasteiger charge is 2.24. The molecule has 124 valence electrons. The smallest absolute Gasteiger partial charge is 0.326 e. The molecule has 1 aromatic rings. The molecule has 0 bridgehead atoms. The summed E-state index contributed by atoms with van der Waals surface area (Å²) in [5.41, 5.74) is 0.593. The standard InChI is InChI=1S/C14H23N3O3S2/c18-13(12(22)5-3-1-2-4-6-21)17-11(14(19)20)7-10-8-15-9-16-10/h8-9,11-12,21-22H,1-7H2,(H,15,16)(H,17,18)(H,19,20). The number of amides is 1. The fraction of sp³-hybridized carbons (Fsp3) is 0.643. The predicted molar refractivity (Wildman–Crippen MR) is 91.6 cm³/mol. The number of H-pyrrole nitrogens is 1. The number of nitrogens with zero attached hydrogens (tertiary/aromatic N) is 1. The van der Waals surface area contributed by atoms with E-state index in [0.717, 1.165) is 31.4 Å². The van der Waals surface area contributed by atoms with Gasteiger partial charge in [0.05, 0.1) is 17.3 Å². The molecule has 1 aromatic heterocycles. The maximum absolute atomic E-state index is 12.0. The quantitative estimate of drug-likeness (QED) is 0.312. The average Bonchev–Trinajstić information content (AvgIpc) is 2.98. The van der Waals surface area contributed by atoms with Crippen molar-refractivity contribution in [2.45, 2.75) is 49.8 Å². The van der Waals surface area contributed by atoms with Gasteiger partial charge in [-0.3, -0.25) is 4.79 Å². The van der Waals surface area contributed by atoms with Gasteiger partial charge in [-0.25, -0.2) is 9.78 Å². The summed E-state index contributed by atoms with van der Waals surface area (Å²) < 4.78 is 0. The number of thiol groups is 2. The van der Waals surface area contributed by atoms with Gasteiger partial charge in [0.1, 0.15) is 6.04 Å². The topological polar surface area (TPSA) is 95.1 Å². The number of carboxylic acid groups (broad SMARTS) is 1. The first-order valence-electron chi connectivity index (χ1n) is 7.34. The minimum absolute atomic E-state index is 0.146. The number of unbranched alkanes of at least 4 members (excludes halogenated alkanes) is 3. The van der Waals surface area contributed by atoms with Crippen LogP contribution in [0.2, 0.25) is 0 Å². The van der Waals surface area contributed by atoms with Gasteiger partial charge in [-0.2, -0.15) is 25.3 Å². The zero-order chi connectivity index (χ0) is 16.4. The van der Waals surface area contributed by atoms with Gasteiger partial charge in [0.15, 0.2) is 0 Å². The van der Waals surface area contributed by atoms with Crippen molar-refractivity contribution in [3.63, 3.8) is 0 Å². The molecule has 6 nitrogen and oxygen atoms in total. The van der Waals surface area contributed by atoms with Crippen molar-refractivity contribution < 1.29 is 14.7 Å². The lowest BCUT2D eigenvalue weighted by molar-refractivity contribution is -0.141. The molecule has 1 rings (SSSR count). The van der Waals surface area contributed by atoms with Crippen LogP contribution in [0.3, 0.4) is 0 Å². The van der Waals surface area contributed by atoms with Crippen LogP contribution in [0.5, 0.6) is 0 Å². The van der Waals surface area contributed by atoms with Crippen molar-refractivity contribution in [3.05, 3.63) is 18.2 Å². The van der Waals surface area contributed by atoms with Gasteiger partial charge in [-0.05, 0) is 18.6 Å². The summed E-state index contributed by atoms with van der Waals surface area (Å²) in [7, 11) is 0. The van der Waals surface area contributed by atoms with Crippen LogP contribution in [0.25, 0.3) is 0 Å². The number of imidazole rings is 1. The molecule has 0 fully saturated rings. The molecular formula is C14H23N3O3S2. The highest BCUT2D eigenvalue weighted by Crippen LogP contribution is 2.11. The second kappa shape index (κ2) is 10.6. The Bertz CT molecular complexity index is 454. The number of hydrogen-bond donors (Lipinski definition) is 5. The lowest BCUT2D eigenvalue weighted by Gasteiger charge is -2.16. The van der Waals surface area contributed by atoms with E-state index in [4.69, 9.17) is 0 Å². The van der Waals surface area contributed by atoms with E-state index in [1.807, 2.05) is 0 Å². The number of hydrogen-bond acceptors (Lipinski definition) is 5. The summed E-state index contributed by atoms with van der Waals surface area (Å²) >= 11 is 8.41. The van der Waals surface area contributed by atoms with E-state index in [-0.39, 0.29) is 12.3 Å². The molecule has 1 amide bonds. The van der Waals surface area contributed by atoms with Crippen LogP contribution in [-0.2, 0) is 16.0 Å². The van der Waals surface area contributed by atoms with Gasteiger partial charge in [0.25, 0.3) is 0 Å². The van der Waals surface area contributed by atoms with Gasteiger partial charge < -0.3 is 15.4 Å². The molecule has 8 heteroatoms. The first kappa shape index (κ1) is 18.9. The maximum Gasteiger partial charge on any atom is 0.326 e. The fourth-order valence-corrected chi connectivity index (χ4v) is 2.49. The number of carbonyl (C=O) groups excluding carboxylic acids is 1. The third-order valence-corrected chi connectivity index (χ3v) is 4.08. The highest BCUT2D eigenvalue weighted by atomic mass is 32.1. The van der Waals surface area contributed by atoms with E-state index >= 15 is 0 Å². The van der Waals surface area contributed by atoms with Crippen LogP contribution in [-0.4, -0.2) is 44.0 Å². The van der Waals surface area contributed by atoms with E-state index in [0.29, 0.717) is 12.1 Å². The third kappa shape index (κ3) is 7.22. The van der Waals surface area contributed by atoms with Crippen molar-refractivity contribution in [3.8, 4) is 0 Å². The van der Waals surface area contributed by atoms with Crippen molar-refractivity contribution in [1.29, 1.82) is 0 Å². The molecule has 0 aliphatic carbocycles. The Kier molecular flexibility index (Phi) is 9.07. The van der Waals surface area contributed by atoms with E-state index < -0.39 is 17.3 Å². The summed E-state index contributed by atoms with van der Waals surface area (Å²) in [6, 6.07) is -0.991. The Morgan fingerprint density at radius 2 is 2.05 bits per heavy atom. The Morgan fingerprint density at radius 3 is 2.64 bits per heavy atom. The Labute approximate surface area is 141 Å². The van der Waals surface area contributed by atoms with Crippen molar-refractivity contribution in [1.82, 2.24) is 15.3 Å². The minimum atomic E-state index is -1.08. The number of aromatic amines is 1. The fourth-order valence-electron chi connectivity index (χ4n) is 2.01. The van der Waals surface area contributed by atoms with Crippen LogP contribution < -0.4 is 5.32 Å². The molecule has 0 radical (unpaired) electrons. The second-order valence-corrected chi connectivity index (χ2v) is 6.18.